The predicted molar refractivity (Wildman–Crippen MR) is 74.0 cm³/mol. The van der Waals surface area contributed by atoms with E-state index in [0.717, 1.165) is 22.8 Å². The number of hydrogen-bond donors (Lipinski definition) is 0. The van der Waals surface area contributed by atoms with Crippen LogP contribution in [-0.2, 0) is 0 Å². The van der Waals surface area contributed by atoms with Crippen LogP contribution < -0.4 is 4.74 Å². The summed E-state index contributed by atoms with van der Waals surface area (Å²) in [7, 11) is 1.65. The highest BCUT2D eigenvalue weighted by molar-refractivity contribution is 5.82. The Morgan fingerprint density at radius 3 is 2.72 bits per heavy atom. The van der Waals surface area contributed by atoms with Crippen molar-refractivity contribution in [1.82, 2.24) is 4.98 Å². The van der Waals surface area contributed by atoms with Gasteiger partial charge in [0, 0.05) is 11.9 Å². The number of ether oxygens (including phenoxy) is 1. The quantitative estimate of drug-likeness (QED) is 0.770. The zero-order chi connectivity index (χ0) is 13.0. The van der Waals surface area contributed by atoms with Crippen LogP contribution in [0.15, 0.2) is 41.4 Å². The number of aryl methyl sites for hydroxylation is 2. The second-order valence-corrected chi connectivity index (χ2v) is 4.18. The highest BCUT2D eigenvalue weighted by Crippen LogP contribution is 2.14. The van der Waals surface area contributed by atoms with Crippen LogP contribution in [-0.4, -0.2) is 18.3 Å². The van der Waals surface area contributed by atoms with E-state index in [1.54, 1.807) is 13.3 Å². The molecule has 1 heterocycles. The Morgan fingerprint density at radius 1 is 1.17 bits per heavy atom. The number of hydrogen-bond acceptors (Lipinski definition) is 3. The second kappa shape index (κ2) is 5.45. The lowest BCUT2D eigenvalue weighted by molar-refractivity contribution is 0.415. The first-order valence-electron chi connectivity index (χ1n) is 5.81. The number of nitrogens with zero attached hydrogens (tertiary/aromatic N) is 2. The van der Waals surface area contributed by atoms with E-state index in [4.69, 9.17) is 4.74 Å². The largest absolute Gasteiger partial charge is 0.497 e. The van der Waals surface area contributed by atoms with Crippen LogP contribution in [0.25, 0.3) is 0 Å². The van der Waals surface area contributed by atoms with Crippen LogP contribution in [0, 0.1) is 13.8 Å². The highest BCUT2D eigenvalue weighted by atomic mass is 16.5. The van der Waals surface area contributed by atoms with Gasteiger partial charge in [-0.25, -0.2) is 9.98 Å². The Balaban J connectivity index is 2.24. The van der Waals surface area contributed by atoms with Crippen LogP contribution in [0.1, 0.15) is 16.8 Å². The molecule has 2 rings (SSSR count). The van der Waals surface area contributed by atoms with E-state index in [0.29, 0.717) is 0 Å². The fourth-order valence-corrected chi connectivity index (χ4v) is 1.75. The summed E-state index contributed by atoms with van der Waals surface area (Å²) in [5, 5.41) is 0. The summed E-state index contributed by atoms with van der Waals surface area (Å²) < 4.78 is 5.17. The summed E-state index contributed by atoms with van der Waals surface area (Å²) in [5.41, 5.74) is 3.14. The molecule has 92 valence electrons. The molecule has 0 atom stereocenters. The van der Waals surface area contributed by atoms with E-state index in [-0.39, 0.29) is 0 Å². The molecule has 0 radical (unpaired) electrons. The van der Waals surface area contributed by atoms with Crippen LogP contribution in [0.3, 0.4) is 0 Å². The van der Waals surface area contributed by atoms with Crippen molar-refractivity contribution in [3.8, 4) is 5.75 Å². The van der Waals surface area contributed by atoms with E-state index < -0.39 is 0 Å². The van der Waals surface area contributed by atoms with E-state index in [2.05, 4.69) is 9.98 Å². The molecule has 0 spiro atoms. The Bertz CT molecular complexity index is 556. The van der Waals surface area contributed by atoms with E-state index >= 15 is 0 Å². The Kier molecular flexibility index (Phi) is 3.72. The molecule has 0 saturated carbocycles. The van der Waals surface area contributed by atoms with Crippen LogP contribution in [0.5, 0.6) is 5.75 Å². The fraction of sp³-hybridized carbons (Fsp3) is 0.200. The molecule has 2 aromatic rings. The number of aromatic nitrogens is 1. The zero-order valence-electron chi connectivity index (χ0n) is 10.8. The molecule has 0 aliphatic carbocycles. The maximum Gasteiger partial charge on any atom is 0.152 e. The molecule has 0 amide bonds. The van der Waals surface area contributed by atoms with Crippen molar-refractivity contribution in [2.24, 2.45) is 4.99 Å². The van der Waals surface area contributed by atoms with E-state index in [1.807, 2.05) is 50.2 Å². The minimum Gasteiger partial charge on any atom is -0.497 e. The average Bonchev–Trinajstić information content (AvgIpc) is 2.35. The second-order valence-electron chi connectivity index (χ2n) is 4.18. The first-order chi connectivity index (χ1) is 8.67. The summed E-state index contributed by atoms with van der Waals surface area (Å²) >= 11 is 0. The molecule has 1 aromatic heterocycles. The number of methoxy groups -OCH3 is 1. The van der Waals surface area contributed by atoms with Gasteiger partial charge >= 0.3 is 0 Å². The molecule has 3 nitrogen and oxygen atoms in total. The smallest absolute Gasteiger partial charge is 0.152 e. The molecular weight excluding hydrogens is 224 g/mol. The standard InChI is InChI=1S/C15H16N2O/c1-11-7-12(2)17-15(8-11)16-10-13-5-4-6-14(9-13)18-3/h4-10H,1-3H3/b16-10+. The van der Waals surface area contributed by atoms with Gasteiger partial charge in [-0.15, -0.1) is 0 Å². The average molecular weight is 240 g/mol. The summed E-state index contributed by atoms with van der Waals surface area (Å²) in [6.45, 7) is 4.01. The first kappa shape index (κ1) is 12.3. The van der Waals surface area contributed by atoms with Gasteiger partial charge in [0.2, 0.25) is 0 Å². The van der Waals surface area contributed by atoms with Gasteiger partial charge in [-0.2, -0.15) is 0 Å². The molecule has 0 N–H and O–H groups in total. The lowest BCUT2D eigenvalue weighted by Gasteiger charge is -2.00. The third kappa shape index (κ3) is 3.17. The molecule has 0 aliphatic heterocycles. The van der Waals surface area contributed by atoms with E-state index in [1.165, 1.54) is 5.56 Å². The summed E-state index contributed by atoms with van der Waals surface area (Å²) in [5.74, 6) is 1.56. The Morgan fingerprint density at radius 2 is 2.00 bits per heavy atom. The van der Waals surface area contributed by atoms with Gasteiger partial charge in [-0.1, -0.05) is 12.1 Å². The lowest BCUT2D eigenvalue weighted by atomic mass is 10.2. The summed E-state index contributed by atoms with van der Waals surface area (Å²) in [4.78, 5) is 8.74. The molecule has 18 heavy (non-hydrogen) atoms. The van der Waals surface area contributed by atoms with Gasteiger partial charge in [-0.3, -0.25) is 0 Å². The van der Waals surface area contributed by atoms with Crippen molar-refractivity contribution in [2.75, 3.05) is 7.11 Å². The molecule has 0 unspecified atom stereocenters. The molecule has 0 aliphatic rings. The molecule has 0 saturated heterocycles. The van der Waals surface area contributed by atoms with Gasteiger partial charge in [0.15, 0.2) is 5.82 Å². The number of benzene rings is 1. The Labute approximate surface area is 107 Å². The molecule has 0 bridgehead atoms. The fourth-order valence-electron chi connectivity index (χ4n) is 1.75. The topological polar surface area (TPSA) is 34.5 Å². The Hall–Kier alpha value is -2.16. The van der Waals surface area contributed by atoms with Crippen LogP contribution >= 0.6 is 0 Å². The third-order valence-corrected chi connectivity index (χ3v) is 2.52. The van der Waals surface area contributed by atoms with Crippen molar-refractivity contribution in [3.63, 3.8) is 0 Å². The van der Waals surface area contributed by atoms with Crippen molar-refractivity contribution in [3.05, 3.63) is 53.2 Å². The van der Waals surface area contributed by atoms with Crippen molar-refractivity contribution < 1.29 is 4.74 Å². The normalized spacial score (nSPS) is 10.8. The van der Waals surface area contributed by atoms with Crippen LogP contribution in [0.2, 0.25) is 0 Å². The van der Waals surface area contributed by atoms with Gasteiger partial charge in [0.25, 0.3) is 0 Å². The molecule has 0 fully saturated rings. The molecule has 3 heteroatoms. The van der Waals surface area contributed by atoms with Crippen molar-refractivity contribution >= 4 is 12.0 Å². The van der Waals surface area contributed by atoms with Gasteiger partial charge in [0.1, 0.15) is 5.75 Å². The SMILES string of the molecule is COc1cccc(/C=N/c2cc(C)cc(C)n2)c1. The number of pyridine rings is 1. The number of rotatable bonds is 3. The minimum atomic E-state index is 0.732. The monoisotopic (exact) mass is 240 g/mol. The highest BCUT2D eigenvalue weighted by Gasteiger charge is 1.96. The predicted octanol–water partition coefficient (Wildman–Crippen LogP) is 3.46. The van der Waals surface area contributed by atoms with E-state index in [9.17, 15) is 0 Å². The minimum absolute atomic E-state index is 0.732. The molecule has 1 aromatic carbocycles. The van der Waals surface area contributed by atoms with Gasteiger partial charge < -0.3 is 4.74 Å². The summed E-state index contributed by atoms with van der Waals surface area (Å²) in [6.07, 6.45) is 1.80. The van der Waals surface area contributed by atoms with Gasteiger partial charge in [-0.05, 0) is 49.2 Å². The first-order valence-corrected chi connectivity index (χ1v) is 5.81. The number of aliphatic imine (C=N–C) groups is 1. The lowest BCUT2D eigenvalue weighted by Crippen LogP contribution is -1.87. The van der Waals surface area contributed by atoms with Crippen molar-refractivity contribution in [2.45, 2.75) is 13.8 Å². The van der Waals surface area contributed by atoms with Crippen LogP contribution in [0.4, 0.5) is 5.82 Å². The summed E-state index contributed by atoms with van der Waals surface area (Å²) in [6, 6.07) is 11.8. The zero-order valence-corrected chi connectivity index (χ0v) is 10.8. The third-order valence-electron chi connectivity index (χ3n) is 2.52. The van der Waals surface area contributed by atoms with Gasteiger partial charge in [0.05, 0.1) is 7.11 Å². The molecular formula is C15H16N2O. The maximum atomic E-state index is 5.17. The maximum absolute atomic E-state index is 5.17. The van der Waals surface area contributed by atoms with Crippen molar-refractivity contribution in [1.29, 1.82) is 0 Å².